The average Bonchev–Trinajstić information content (AvgIpc) is 2.37. The Morgan fingerprint density at radius 2 is 2.00 bits per heavy atom. The molecule has 0 spiro atoms. The first-order valence-electron chi connectivity index (χ1n) is 5.75. The third-order valence-corrected chi connectivity index (χ3v) is 3.93. The van der Waals surface area contributed by atoms with E-state index in [4.69, 9.17) is 11.0 Å². The van der Waals surface area contributed by atoms with Crippen LogP contribution in [0.15, 0.2) is 29.2 Å². The van der Waals surface area contributed by atoms with Crippen molar-refractivity contribution in [2.24, 2.45) is 5.73 Å². The number of sulfonamides is 1. The van der Waals surface area contributed by atoms with Crippen LogP contribution in [-0.2, 0) is 10.0 Å². The molecule has 6 heteroatoms. The van der Waals surface area contributed by atoms with E-state index < -0.39 is 10.0 Å². The van der Waals surface area contributed by atoms with Gasteiger partial charge in [0, 0.05) is 12.6 Å². The molecule has 0 saturated carbocycles. The average molecular weight is 267 g/mol. The van der Waals surface area contributed by atoms with Crippen molar-refractivity contribution >= 4 is 10.0 Å². The van der Waals surface area contributed by atoms with Crippen molar-refractivity contribution in [1.82, 2.24) is 4.72 Å². The Bertz CT molecular complexity index is 517. The van der Waals surface area contributed by atoms with Gasteiger partial charge in [-0.2, -0.15) is 5.26 Å². The highest BCUT2D eigenvalue weighted by molar-refractivity contribution is 7.89. The van der Waals surface area contributed by atoms with E-state index in [1.165, 1.54) is 24.3 Å². The first-order valence-corrected chi connectivity index (χ1v) is 7.23. The van der Waals surface area contributed by atoms with Gasteiger partial charge in [0.15, 0.2) is 0 Å². The lowest BCUT2D eigenvalue weighted by atomic mass is 10.2. The molecule has 0 heterocycles. The van der Waals surface area contributed by atoms with Gasteiger partial charge in [-0.05, 0) is 30.7 Å². The minimum atomic E-state index is -3.54. The summed E-state index contributed by atoms with van der Waals surface area (Å²) in [6.45, 7) is 2.21. The van der Waals surface area contributed by atoms with E-state index >= 15 is 0 Å². The number of nitriles is 1. The van der Waals surface area contributed by atoms with E-state index in [-0.39, 0.29) is 17.5 Å². The van der Waals surface area contributed by atoms with Crippen LogP contribution in [0.1, 0.15) is 25.3 Å². The minimum absolute atomic E-state index is 0.144. The van der Waals surface area contributed by atoms with Crippen LogP contribution in [0.2, 0.25) is 0 Å². The number of nitrogens with two attached hydrogens (primary N) is 1. The zero-order valence-corrected chi connectivity index (χ0v) is 11.1. The SMILES string of the molecule is CCCC(N)CNS(=O)(=O)c1ccc(C#N)cc1. The Morgan fingerprint density at radius 1 is 1.39 bits per heavy atom. The Labute approximate surface area is 108 Å². The van der Waals surface area contributed by atoms with Gasteiger partial charge in [-0.15, -0.1) is 0 Å². The van der Waals surface area contributed by atoms with Crippen molar-refractivity contribution in [3.05, 3.63) is 29.8 Å². The van der Waals surface area contributed by atoms with Crippen LogP contribution in [-0.4, -0.2) is 21.0 Å². The molecule has 0 radical (unpaired) electrons. The van der Waals surface area contributed by atoms with E-state index in [0.717, 1.165) is 12.8 Å². The lowest BCUT2D eigenvalue weighted by molar-refractivity contribution is 0.553. The zero-order valence-electron chi connectivity index (χ0n) is 10.3. The summed E-state index contributed by atoms with van der Waals surface area (Å²) in [7, 11) is -3.54. The van der Waals surface area contributed by atoms with Crippen LogP contribution in [0.4, 0.5) is 0 Å². The van der Waals surface area contributed by atoms with Gasteiger partial charge in [0.2, 0.25) is 10.0 Å². The van der Waals surface area contributed by atoms with Crippen LogP contribution >= 0.6 is 0 Å². The van der Waals surface area contributed by atoms with Crippen LogP contribution in [0.3, 0.4) is 0 Å². The number of hydrogen-bond acceptors (Lipinski definition) is 4. The molecule has 1 rings (SSSR count). The Kier molecular flexibility index (Phi) is 5.28. The fraction of sp³-hybridized carbons (Fsp3) is 0.417. The molecule has 0 aliphatic heterocycles. The molecule has 0 amide bonds. The van der Waals surface area contributed by atoms with Gasteiger partial charge in [0.1, 0.15) is 0 Å². The molecule has 1 unspecified atom stereocenters. The maximum absolute atomic E-state index is 11.9. The van der Waals surface area contributed by atoms with E-state index in [2.05, 4.69) is 4.72 Å². The summed E-state index contributed by atoms with van der Waals surface area (Å²) in [5, 5.41) is 8.63. The normalized spacial score (nSPS) is 12.9. The maximum atomic E-state index is 11.9. The highest BCUT2D eigenvalue weighted by atomic mass is 32.2. The maximum Gasteiger partial charge on any atom is 0.240 e. The second-order valence-corrected chi connectivity index (χ2v) is 5.80. The molecule has 1 aromatic rings. The van der Waals surface area contributed by atoms with Crippen molar-refractivity contribution in [1.29, 1.82) is 5.26 Å². The van der Waals surface area contributed by atoms with Crippen LogP contribution in [0.25, 0.3) is 0 Å². The monoisotopic (exact) mass is 267 g/mol. The van der Waals surface area contributed by atoms with Crippen molar-refractivity contribution < 1.29 is 8.42 Å². The molecule has 18 heavy (non-hydrogen) atoms. The summed E-state index contributed by atoms with van der Waals surface area (Å²) < 4.78 is 26.2. The highest BCUT2D eigenvalue weighted by Crippen LogP contribution is 2.09. The summed E-state index contributed by atoms with van der Waals surface area (Å²) in [6.07, 6.45) is 1.69. The highest BCUT2D eigenvalue weighted by Gasteiger charge is 2.14. The number of nitrogens with one attached hydrogen (secondary N) is 1. The van der Waals surface area contributed by atoms with Crippen molar-refractivity contribution in [3.63, 3.8) is 0 Å². The van der Waals surface area contributed by atoms with Gasteiger partial charge < -0.3 is 5.73 Å². The van der Waals surface area contributed by atoms with Crippen LogP contribution < -0.4 is 10.5 Å². The van der Waals surface area contributed by atoms with Crippen molar-refractivity contribution in [3.8, 4) is 6.07 Å². The largest absolute Gasteiger partial charge is 0.327 e. The molecule has 0 saturated heterocycles. The van der Waals surface area contributed by atoms with E-state index in [9.17, 15) is 8.42 Å². The van der Waals surface area contributed by atoms with Crippen molar-refractivity contribution in [2.75, 3.05) is 6.54 Å². The minimum Gasteiger partial charge on any atom is -0.327 e. The molecule has 0 fully saturated rings. The molecule has 0 bridgehead atoms. The van der Waals surface area contributed by atoms with Gasteiger partial charge >= 0.3 is 0 Å². The summed E-state index contributed by atoms with van der Waals surface area (Å²) in [5.41, 5.74) is 6.17. The summed E-state index contributed by atoms with van der Waals surface area (Å²) in [4.78, 5) is 0.144. The number of benzene rings is 1. The predicted molar refractivity (Wildman–Crippen MR) is 69.2 cm³/mol. The Morgan fingerprint density at radius 3 is 2.50 bits per heavy atom. The lowest BCUT2D eigenvalue weighted by Crippen LogP contribution is -2.37. The quantitative estimate of drug-likeness (QED) is 0.802. The molecular formula is C12H17N3O2S. The first-order chi connectivity index (χ1) is 8.49. The predicted octanol–water partition coefficient (Wildman–Crippen LogP) is 0.964. The number of nitrogens with zero attached hydrogens (tertiary/aromatic N) is 1. The molecule has 1 atom stereocenters. The molecular weight excluding hydrogens is 250 g/mol. The molecule has 98 valence electrons. The van der Waals surface area contributed by atoms with E-state index in [1.54, 1.807) is 0 Å². The Hall–Kier alpha value is -1.42. The van der Waals surface area contributed by atoms with Gasteiger partial charge in [-0.1, -0.05) is 13.3 Å². The molecule has 0 aliphatic carbocycles. The van der Waals surface area contributed by atoms with E-state index in [0.29, 0.717) is 5.56 Å². The standard InChI is InChI=1S/C12H17N3O2S/c1-2-3-11(14)9-15-18(16,17)12-6-4-10(8-13)5-7-12/h4-7,11,15H,2-3,9,14H2,1H3. The first kappa shape index (κ1) is 14.6. The summed E-state index contributed by atoms with van der Waals surface area (Å²) >= 11 is 0. The second kappa shape index (κ2) is 6.50. The van der Waals surface area contributed by atoms with Crippen LogP contribution in [0, 0.1) is 11.3 Å². The van der Waals surface area contributed by atoms with Gasteiger partial charge in [0.25, 0.3) is 0 Å². The molecule has 1 aromatic carbocycles. The van der Waals surface area contributed by atoms with Crippen LogP contribution in [0.5, 0.6) is 0 Å². The van der Waals surface area contributed by atoms with Gasteiger partial charge in [-0.3, -0.25) is 0 Å². The smallest absolute Gasteiger partial charge is 0.240 e. The topological polar surface area (TPSA) is 96.0 Å². The van der Waals surface area contributed by atoms with Crippen molar-refractivity contribution in [2.45, 2.75) is 30.7 Å². The third-order valence-electron chi connectivity index (χ3n) is 2.49. The molecule has 0 aromatic heterocycles. The van der Waals surface area contributed by atoms with Gasteiger partial charge in [-0.25, -0.2) is 13.1 Å². The number of rotatable bonds is 6. The Balaban J connectivity index is 2.71. The molecule has 5 nitrogen and oxygen atoms in total. The van der Waals surface area contributed by atoms with Gasteiger partial charge in [0.05, 0.1) is 16.5 Å². The summed E-state index contributed by atoms with van der Waals surface area (Å²) in [6, 6.07) is 7.52. The summed E-state index contributed by atoms with van der Waals surface area (Å²) in [5.74, 6) is 0. The third kappa shape index (κ3) is 4.11. The fourth-order valence-corrected chi connectivity index (χ4v) is 2.58. The zero-order chi connectivity index (χ0) is 13.6. The molecule has 3 N–H and O–H groups in total. The second-order valence-electron chi connectivity index (χ2n) is 4.04. The number of hydrogen-bond donors (Lipinski definition) is 2. The lowest BCUT2D eigenvalue weighted by Gasteiger charge is -2.12. The van der Waals surface area contributed by atoms with E-state index in [1.807, 2.05) is 13.0 Å². The fourth-order valence-electron chi connectivity index (χ4n) is 1.48. The molecule has 0 aliphatic rings.